The second kappa shape index (κ2) is 8.79. The van der Waals surface area contributed by atoms with E-state index in [1.165, 1.54) is 12.1 Å². The molecule has 33 heavy (non-hydrogen) atoms. The molecule has 4 heterocycles. The summed E-state index contributed by atoms with van der Waals surface area (Å²) < 4.78 is 6.25. The normalized spacial score (nSPS) is 17.7. The van der Waals surface area contributed by atoms with Crippen molar-refractivity contribution in [3.63, 3.8) is 0 Å². The van der Waals surface area contributed by atoms with Gasteiger partial charge in [0, 0.05) is 42.8 Å². The van der Waals surface area contributed by atoms with E-state index >= 15 is 0 Å². The summed E-state index contributed by atoms with van der Waals surface area (Å²) in [6.45, 7) is 0.565. The molecular weight excluding hydrogens is 438 g/mol. The highest BCUT2D eigenvalue weighted by Gasteiger charge is 2.41. The molecule has 8 nitrogen and oxygen atoms in total. The molecular formula is C24H19N5O3S. The Hall–Kier alpha value is -4.11. The summed E-state index contributed by atoms with van der Waals surface area (Å²) in [6.07, 6.45) is 5.25. The lowest BCUT2D eigenvalue weighted by Crippen LogP contribution is -2.29. The number of nitro benzene ring substituents is 1. The monoisotopic (exact) mass is 457 g/mol. The maximum Gasteiger partial charge on any atom is 0.270 e. The molecule has 1 aliphatic heterocycles. The molecule has 1 fully saturated rings. The number of nitro groups is 1. The van der Waals surface area contributed by atoms with Crippen molar-refractivity contribution in [1.82, 2.24) is 20.2 Å². The largest absolute Gasteiger partial charge is 0.459 e. The number of non-ortho nitro benzene ring substituents is 1. The third-order valence-corrected chi connectivity index (χ3v) is 5.91. The molecule has 0 radical (unpaired) electrons. The zero-order valence-electron chi connectivity index (χ0n) is 17.4. The molecule has 0 aliphatic carbocycles. The Morgan fingerprint density at radius 2 is 1.91 bits per heavy atom. The summed E-state index contributed by atoms with van der Waals surface area (Å²) >= 11 is 5.69. The lowest BCUT2D eigenvalue weighted by atomic mass is 10.0. The molecule has 1 aliphatic rings. The van der Waals surface area contributed by atoms with Gasteiger partial charge in [-0.3, -0.25) is 20.1 Å². The minimum absolute atomic E-state index is 0.0137. The van der Waals surface area contributed by atoms with Gasteiger partial charge < -0.3 is 14.6 Å². The van der Waals surface area contributed by atoms with Crippen LogP contribution in [0.3, 0.4) is 0 Å². The Kier molecular flexibility index (Phi) is 5.54. The predicted octanol–water partition coefficient (Wildman–Crippen LogP) is 4.82. The van der Waals surface area contributed by atoms with Crippen LogP contribution in [0.25, 0.3) is 11.3 Å². The Balaban J connectivity index is 1.53. The Morgan fingerprint density at radius 1 is 1.06 bits per heavy atom. The van der Waals surface area contributed by atoms with E-state index in [9.17, 15) is 10.1 Å². The topological polar surface area (TPSA) is 97.3 Å². The first-order valence-electron chi connectivity index (χ1n) is 10.3. The average Bonchev–Trinajstić information content (AvgIpc) is 3.45. The lowest BCUT2D eigenvalue weighted by Gasteiger charge is -2.26. The second-order valence-corrected chi connectivity index (χ2v) is 8.01. The van der Waals surface area contributed by atoms with Gasteiger partial charge in [-0.15, -0.1) is 0 Å². The third kappa shape index (κ3) is 4.18. The van der Waals surface area contributed by atoms with Gasteiger partial charge in [0.15, 0.2) is 5.11 Å². The number of hydrogen-bond acceptors (Lipinski definition) is 6. The predicted molar refractivity (Wildman–Crippen MR) is 126 cm³/mol. The Bertz CT molecular complexity index is 1300. The Labute approximate surface area is 195 Å². The summed E-state index contributed by atoms with van der Waals surface area (Å²) in [6, 6.07) is 19.3. The van der Waals surface area contributed by atoms with E-state index in [0.717, 1.165) is 11.3 Å². The zero-order valence-corrected chi connectivity index (χ0v) is 18.2. The van der Waals surface area contributed by atoms with Crippen LogP contribution in [0, 0.1) is 10.1 Å². The third-order valence-electron chi connectivity index (χ3n) is 5.56. The van der Waals surface area contributed by atoms with Crippen LogP contribution in [-0.4, -0.2) is 24.9 Å². The van der Waals surface area contributed by atoms with Crippen LogP contribution in [0.2, 0.25) is 0 Å². The number of pyridine rings is 2. The van der Waals surface area contributed by atoms with Gasteiger partial charge in [0.1, 0.15) is 17.6 Å². The molecule has 4 aromatic rings. The maximum absolute atomic E-state index is 11.2. The van der Waals surface area contributed by atoms with Gasteiger partial charge >= 0.3 is 0 Å². The van der Waals surface area contributed by atoms with Crippen molar-refractivity contribution in [1.29, 1.82) is 0 Å². The zero-order chi connectivity index (χ0) is 22.8. The van der Waals surface area contributed by atoms with Crippen molar-refractivity contribution in [2.24, 2.45) is 0 Å². The molecule has 3 aromatic heterocycles. The fourth-order valence-electron chi connectivity index (χ4n) is 4.01. The van der Waals surface area contributed by atoms with E-state index in [1.807, 2.05) is 42.5 Å². The second-order valence-electron chi connectivity index (χ2n) is 7.62. The molecule has 1 N–H and O–H groups in total. The standard InChI is InChI=1S/C24H19N5O3S/c30-29(31)18-5-3-4-17(14-18)20-7-8-21(32-20)23-22(19-6-1-2-11-26-19)27-24(33)28(23)15-16-9-12-25-13-10-16/h1-14,22-23H,15H2,(H,27,33). The van der Waals surface area contributed by atoms with Gasteiger partial charge in [0.05, 0.1) is 16.7 Å². The van der Waals surface area contributed by atoms with Crippen molar-refractivity contribution in [2.75, 3.05) is 0 Å². The molecule has 0 saturated carbocycles. The Morgan fingerprint density at radius 3 is 2.67 bits per heavy atom. The molecule has 2 atom stereocenters. The van der Waals surface area contributed by atoms with E-state index < -0.39 is 4.92 Å². The summed E-state index contributed by atoms with van der Waals surface area (Å²) in [4.78, 5) is 21.5. The first-order chi connectivity index (χ1) is 16.1. The molecule has 164 valence electrons. The van der Waals surface area contributed by atoms with Crippen LogP contribution in [0.4, 0.5) is 5.69 Å². The molecule has 1 saturated heterocycles. The summed E-state index contributed by atoms with van der Waals surface area (Å²) in [7, 11) is 0. The number of furan rings is 1. The first-order valence-corrected chi connectivity index (χ1v) is 10.7. The van der Waals surface area contributed by atoms with E-state index in [4.69, 9.17) is 16.6 Å². The summed E-state index contributed by atoms with van der Waals surface area (Å²) in [5, 5.41) is 15.2. The van der Waals surface area contributed by atoms with Crippen LogP contribution in [0.1, 0.15) is 29.1 Å². The SMILES string of the molecule is O=[N+]([O-])c1cccc(-c2ccc(C3C(c4ccccn4)NC(=S)N3Cc3ccncc3)o2)c1. The molecule has 0 amide bonds. The van der Waals surface area contributed by atoms with Crippen molar-refractivity contribution in [2.45, 2.75) is 18.6 Å². The number of nitrogens with zero attached hydrogens (tertiary/aromatic N) is 4. The van der Waals surface area contributed by atoms with Crippen LogP contribution in [0.15, 0.2) is 89.7 Å². The minimum Gasteiger partial charge on any atom is -0.459 e. The van der Waals surface area contributed by atoms with Gasteiger partial charge in [-0.2, -0.15) is 0 Å². The van der Waals surface area contributed by atoms with Crippen molar-refractivity contribution < 1.29 is 9.34 Å². The minimum atomic E-state index is -0.416. The van der Waals surface area contributed by atoms with Crippen molar-refractivity contribution in [3.8, 4) is 11.3 Å². The molecule has 1 aromatic carbocycles. The van der Waals surface area contributed by atoms with Crippen LogP contribution in [-0.2, 0) is 6.54 Å². The van der Waals surface area contributed by atoms with E-state index in [1.54, 1.807) is 30.7 Å². The number of hydrogen-bond donors (Lipinski definition) is 1. The number of benzene rings is 1. The smallest absolute Gasteiger partial charge is 0.270 e. The number of thiocarbonyl (C=S) groups is 1. The summed E-state index contributed by atoms with van der Waals surface area (Å²) in [5.74, 6) is 1.24. The number of rotatable bonds is 6. The van der Waals surface area contributed by atoms with Gasteiger partial charge in [0.2, 0.25) is 0 Å². The number of nitrogens with one attached hydrogen (secondary N) is 1. The molecule has 0 spiro atoms. The number of aromatic nitrogens is 2. The fourth-order valence-corrected chi connectivity index (χ4v) is 4.31. The fraction of sp³-hybridized carbons (Fsp3) is 0.125. The van der Waals surface area contributed by atoms with Gasteiger partial charge in [0.25, 0.3) is 5.69 Å². The highest BCUT2D eigenvalue weighted by Crippen LogP contribution is 2.41. The van der Waals surface area contributed by atoms with E-state index in [0.29, 0.717) is 28.7 Å². The van der Waals surface area contributed by atoms with Crippen molar-refractivity contribution in [3.05, 3.63) is 112 Å². The van der Waals surface area contributed by atoms with Gasteiger partial charge in [-0.25, -0.2) is 0 Å². The van der Waals surface area contributed by atoms with Crippen LogP contribution < -0.4 is 5.32 Å². The maximum atomic E-state index is 11.2. The first kappa shape index (κ1) is 20.8. The highest BCUT2D eigenvalue weighted by atomic mass is 32.1. The summed E-state index contributed by atoms with van der Waals surface area (Å²) in [5.41, 5.74) is 2.56. The van der Waals surface area contributed by atoms with Gasteiger partial charge in [-0.05, 0) is 54.2 Å². The highest BCUT2D eigenvalue weighted by molar-refractivity contribution is 7.80. The van der Waals surface area contributed by atoms with Crippen molar-refractivity contribution >= 4 is 23.0 Å². The molecule has 0 bridgehead atoms. The lowest BCUT2D eigenvalue weighted by molar-refractivity contribution is -0.384. The van der Waals surface area contributed by atoms with Crippen LogP contribution in [0.5, 0.6) is 0 Å². The average molecular weight is 458 g/mol. The quantitative estimate of drug-likeness (QED) is 0.250. The van der Waals surface area contributed by atoms with Crippen LogP contribution >= 0.6 is 12.2 Å². The van der Waals surface area contributed by atoms with E-state index in [2.05, 4.69) is 20.2 Å². The molecule has 2 unspecified atom stereocenters. The molecule has 9 heteroatoms. The van der Waals surface area contributed by atoms with Gasteiger partial charge in [-0.1, -0.05) is 18.2 Å². The van der Waals surface area contributed by atoms with E-state index in [-0.39, 0.29) is 17.8 Å². The molecule has 5 rings (SSSR count).